The smallest absolute Gasteiger partial charge is 0.291 e. The monoisotopic (exact) mass is 407 g/mol. The fraction of sp³-hybridized carbons (Fsp3) is 0.400. The van der Waals surface area contributed by atoms with Gasteiger partial charge in [0.1, 0.15) is 5.58 Å². The first-order valence-electron chi connectivity index (χ1n) is 10.5. The van der Waals surface area contributed by atoms with Crippen molar-refractivity contribution < 1.29 is 9.21 Å². The van der Waals surface area contributed by atoms with Gasteiger partial charge in [-0.2, -0.15) is 11.8 Å². The minimum absolute atomic E-state index is 0.157. The molecule has 0 spiro atoms. The van der Waals surface area contributed by atoms with Gasteiger partial charge >= 0.3 is 0 Å². The minimum atomic E-state index is -0.157. The van der Waals surface area contributed by atoms with Crippen molar-refractivity contribution in [2.24, 2.45) is 0 Å². The summed E-state index contributed by atoms with van der Waals surface area (Å²) in [6.07, 6.45) is 6.56. The van der Waals surface area contributed by atoms with E-state index in [-0.39, 0.29) is 5.91 Å². The first-order chi connectivity index (χ1) is 14.0. The molecular formula is C25H29NO2S. The fourth-order valence-corrected chi connectivity index (χ4v) is 5.76. The van der Waals surface area contributed by atoms with E-state index in [1.54, 1.807) is 0 Å². The Morgan fingerprint density at radius 3 is 2.48 bits per heavy atom. The van der Waals surface area contributed by atoms with Gasteiger partial charge in [0.25, 0.3) is 5.91 Å². The summed E-state index contributed by atoms with van der Waals surface area (Å²) in [7, 11) is 0. The Labute approximate surface area is 177 Å². The molecule has 0 aliphatic heterocycles. The lowest BCUT2D eigenvalue weighted by atomic mass is 10.0. The van der Waals surface area contributed by atoms with Gasteiger partial charge in [0.2, 0.25) is 0 Å². The maximum absolute atomic E-state index is 13.2. The number of anilines is 1. The molecule has 1 aliphatic carbocycles. The molecule has 1 aliphatic rings. The summed E-state index contributed by atoms with van der Waals surface area (Å²) >= 11 is 1.98. The molecule has 29 heavy (non-hydrogen) atoms. The van der Waals surface area contributed by atoms with Crippen molar-refractivity contribution in [1.82, 2.24) is 0 Å². The normalized spacial score (nSPS) is 15.0. The minimum Gasteiger partial charge on any atom is -0.451 e. The van der Waals surface area contributed by atoms with Crippen LogP contribution < -0.4 is 5.32 Å². The van der Waals surface area contributed by atoms with Crippen LogP contribution in [0.5, 0.6) is 0 Å². The van der Waals surface area contributed by atoms with E-state index in [0.717, 1.165) is 39.1 Å². The second-order valence-corrected chi connectivity index (χ2v) is 9.49. The summed E-state index contributed by atoms with van der Waals surface area (Å²) in [6.45, 7) is 6.15. The van der Waals surface area contributed by atoms with Crippen molar-refractivity contribution >= 4 is 34.3 Å². The molecule has 4 heteroatoms. The molecule has 1 heterocycles. The highest BCUT2D eigenvalue weighted by Crippen LogP contribution is 2.35. The van der Waals surface area contributed by atoms with Crippen LogP contribution in [0.3, 0.4) is 0 Å². The Morgan fingerprint density at radius 2 is 1.76 bits per heavy atom. The van der Waals surface area contributed by atoms with Gasteiger partial charge in [0.05, 0.1) is 0 Å². The number of carbonyl (C=O) groups excluding carboxylic acids is 1. The van der Waals surface area contributed by atoms with Crippen LogP contribution in [0.4, 0.5) is 5.69 Å². The van der Waals surface area contributed by atoms with Crippen LogP contribution in [-0.4, -0.2) is 11.2 Å². The topological polar surface area (TPSA) is 42.2 Å². The van der Waals surface area contributed by atoms with Gasteiger partial charge in [0, 0.05) is 27.6 Å². The molecule has 1 amide bonds. The van der Waals surface area contributed by atoms with E-state index in [1.165, 1.54) is 37.7 Å². The first kappa shape index (κ1) is 20.1. The van der Waals surface area contributed by atoms with Gasteiger partial charge in [0.15, 0.2) is 5.76 Å². The summed E-state index contributed by atoms with van der Waals surface area (Å²) in [6, 6.07) is 12.2. The van der Waals surface area contributed by atoms with Gasteiger partial charge in [-0.25, -0.2) is 0 Å². The van der Waals surface area contributed by atoms with Crippen molar-refractivity contribution in [3.8, 4) is 0 Å². The number of benzene rings is 2. The second kappa shape index (κ2) is 8.66. The van der Waals surface area contributed by atoms with E-state index in [4.69, 9.17) is 4.42 Å². The standard InChI is InChI=1S/C25H29NO2S/c1-16-13-17(2)23(18(3)14-16)26-25(27)24-21(15-29-19-9-5-4-6-10-19)20-11-7-8-12-22(20)28-24/h7-8,11-14,19H,4-6,9-10,15H2,1-3H3,(H,26,27). The Bertz CT molecular complexity index is 1010. The first-order valence-corrected chi connectivity index (χ1v) is 11.6. The maximum Gasteiger partial charge on any atom is 0.291 e. The Hall–Kier alpha value is -2.20. The molecule has 0 bridgehead atoms. The van der Waals surface area contributed by atoms with Crippen LogP contribution in [0.2, 0.25) is 0 Å². The van der Waals surface area contributed by atoms with Gasteiger partial charge < -0.3 is 9.73 Å². The van der Waals surface area contributed by atoms with Crippen LogP contribution in [0, 0.1) is 20.8 Å². The predicted octanol–water partition coefficient (Wildman–Crippen LogP) is 7.18. The number of hydrogen-bond donors (Lipinski definition) is 1. The number of aryl methyl sites for hydroxylation is 3. The average molecular weight is 408 g/mol. The summed E-state index contributed by atoms with van der Waals surface area (Å²) in [5, 5.41) is 4.86. The number of hydrogen-bond acceptors (Lipinski definition) is 3. The summed E-state index contributed by atoms with van der Waals surface area (Å²) < 4.78 is 6.05. The van der Waals surface area contributed by atoms with Gasteiger partial charge in [-0.1, -0.05) is 55.2 Å². The maximum atomic E-state index is 13.2. The van der Waals surface area contributed by atoms with E-state index in [0.29, 0.717) is 11.0 Å². The number of rotatable bonds is 5. The molecule has 0 atom stereocenters. The molecule has 0 radical (unpaired) electrons. The van der Waals surface area contributed by atoms with Crippen LogP contribution in [0.15, 0.2) is 40.8 Å². The van der Waals surface area contributed by atoms with E-state index in [2.05, 4.69) is 30.4 Å². The van der Waals surface area contributed by atoms with Crippen LogP contribution >= 0.6 is 11.8 Å². The molecule has 2 aromatic carbocycles. The van der Waals surface area contributed by atoms with Crippen molar-refractivity contribution in [3.63, 3.8) is 0 Å². The Balaban J connectivity index is 1.63. The summed E-state index contributed by atoms with van der Waals surface area (Å²) in [5.41, 5.74) is 6.04. The van der Waals surface area contributed by atoms with E-state index >= 15 is 0 Å². The zero-order valence-electron chi connectivity index (χ0n) is 17.5. The molecule has 1 fully saturated rings. The quantitative estimate of drug-likeness (QED) is 0.487. The molecule has 152 valence electrons. The van der Waals surface area contributed by atoms with Crippen LogP contribution in [0.25, 0.3) is 11.0 Å². The molecule has 1 aromatic heterocycles. The van der Waals surface area contributed by atoms with Crippen LogP contribution in [-0.2, 0) is 5.75 Å². The van der Waals surface area contributed by atoms with Crippen molar-refractivity contribution in [2.75, 3.05) is 5.32 Å². The number of para-hydroxylation sites is 1. The molecule has 0 saturated heterocycles. The lowest BCUT2D eigenvalue weighted by molar-refractivity contribution is 0.0997. The van der Waals surface area contributed by atoms with E-state index in [1.807, 2.05) is 43.8 Å². The number of nitrogens with one attached hydrogen (secondary N) is 1. The SMILES string of the molecule is Cc1cc(C)c(NC(=O)c2oc3ccccc3c2CSC2CCCCC2)c(C)c1. The number of furan rings is 1. The lowest BCUT2D eigenvalue weighted by Crippen LogP contribution is -2.15. The number of amides is 1. The van der Waals surface area contributed by atoms with Gasteiger partial charge in [-0.3, -0.25) is 4.79 Å². The highest BCUT2D eigenvalue weighted by atomic mass is 32.2. The highest BCUT2D eigenvalue weighted by Gasteiger charge is 2.23. The summed E-state index contributed by atoms with van der Waals surface area (Å²) in [4.78, 5) is 13.2. The number of thioether (sulfide) groups is 1. The third kappa shape index (κ3) is 4.37. The van der Waals surface area contributed by atoms with Crippen molar-refractivity contribution in [2.45, 2.75) is 63.9 Å². The molecular weight excluding hydrogens is 378 g/mol. The molecule has 4 rings (SSSR count). The molecule has 3 aromatic rings. The third-order valence-corrected chi connectivity index (χ3v) is 7.23. The predicted molar refractivity (Wildman–Crippen MR) is 123 cm³/mol. The van der Waals surface area contributed by atoms with Crippen molar-refractivity contribution in [1.29, 1.82) is 0 Å². The van der Waals surface area contributed by atoms with Crippen molar-refractivity contribution in [3.05, 3.63) is 64.4 Å². The zero-order chi connectivity index (χ0) is 20.4. The molecule has 3 nitrogen and oxygen atoms in total. The summed E-state index contributed by atoms with van der Waals surface area (Å²) in [5.74, 6) is 1.11. The lowest BCUT2D eigenvalue weighted by Gasteiger charge is -2.21. The zero-order valence-corrected chi connectivity index (χ0v) is 18.3. The van der Waals surface area contributed by atoms with Gasteiger partial charge in [-0.15, -0.1) is 0 Å². The Morgan fingerprint density at radius 1 is 1.07 bits per heavy atom. The fourth-order valence-electron chi connectivity index (χ4n) is 4.41. The number of fused-ring (bicyclic) bond motifs is 1. The average Bonchev–Trinajstić information content (AvgIpc) is 3.08. The number of carbonyl (C=O) groups is 1. The van der Waals surface area contributed by atoms with Crippen LogP contribution in [0.1, 0.15) is 64.9 Å². The molecule has 1 N–H and O–H groups in total. The second-order valence-electron chi connectivity index (χ2n) is 8.20. The molecule has 0 unspecified atom stereocenters. The molecule has 1 saturated carbocycles. The largest absolute Gasteiger partial charge is 0.451 e. The third-order valence-electron chi connectivity index (χ3n) is 5.84. The highest BCUT2D eigenvalue weighted by molar-refractivity contribution is 7.99. The Kier molecular flexibility index (Phi) is 6.00. The van der Waals surface area contributed by atoms with E-state index in [9.17, 15) is 4.79 Å². The van der Waals surface area contributed by atoms with E-state index < -0.39 is 0 Å². The van der Waals surface area contributed by atoms with Gasteiger partial charge in [-0.05, 0) is 50.8 Å².